The van der Waals surface area contributed by atoms with E-state index >= 15 is 0 Å². The molecule has 0 heterocycles. The third kappa shape index (κ3) is 4.62. The molecule has 1 aromatic rings. The number of hydrogen-bond donors (Lipinski definition) is 2. The minimum Gasteiger partial charge on any atom is -0.399 e. The van der Waals surface area contributed by atoms with E-state index in [0.29, 0.717) is 29.4 Å². The van der Waals surface area contributed by atoms with Gasteiger partial charge >= 0.3 is 0 Å². The van der Waals surface area contributed by atoms with Gasteiger partial charge in [0.25, 0.3) is 0 Å². The summed E-state index contributed by atoms with van der Waals surface area (Å²) in [5.74, 6) is -0.192. The predicted molar refractivity (Wildman–Crippen MR) is 72.2 cm³/mol. The smallest absolute Gasteiger partial charge is 0.238 e. The number of nitrogens with one attached hydrogen (secondary N) is 1. The number of rotatable bonds is 5. The SMILES string of the molecule is CN(CCC#N)CC(=O)Nc1cc(N)ccc1Cl. The summed E-state index contributed by atoms with van der Waals surface area (Å²) in [4.78, 5) is 13.5. The van der Waals surface area contributed by atoms with E-state index in [0.717, 1.165) is 0 Å². The molecule has 0 unspecified atom stereocenters. The van der Waals surface area contributed by atoms with Crippen LogP contribution < -0.4 is 11.1 Å². The molecule has 18 heavy (non-hydrogen) atoms. The van der Waals surface area contributed by atoms with Crippen LogP contribution in [0.15, 0.2) is 18.2 Å². The average Bonchev–Trinajstić information content (AvgIpc) is 2.31. The number of amides is 1. The van der Waals surface area contributed by atoms with Crippen LogP contribution in [0.2, 0.25) is 5.02 Å². The normalized spacial score (nSPS) is 10.1. The van der Waals surface area contributed by atoms with E-state index < -0.39 is 0 Å². The zero-order valence-electron chi connectivity index (χ0n) is 10.1. The first-order chi connectivity index (χ1) is 8.52. The molecule has 0 aliphatic rings. The van der Waals surface area contributed by atoms with Gasteiger partial charge < -0.3 is 11.1 Å². The molecule has 0 saturated carbocycles. The van der Waals surface area contributed by atoms with Crippen LogP contribution in [0.5, 0.6) is 0 Å². The van der Waals surface area contributed by atoms with Gasteiger partial charge in [-0.3, -0.25) is 9.69 Å². The Bertz CT molecular complexity index is 470. The fourth-order valence-corrected chi connectivity index (χ4v) is 1.56. The number of anilines is 2. The highest BCUT2D eigenvalue weighted by Crippen LogP contribution is 2.23. The van der Waals surface area contributed by atoms with Crippen molar-refractivity contribution in [3.8, 4) is 6.07 Å². The Hall–Kier alpha value is -1.77. The van der Waals surface area contributed by atoms with Crippen molar-refractivity contribution in [3.05, 3.63) is 23.2 Å². The number of halogens is 1. The zero-order valence-corrected chi connectivity index (χ0v) is 10.9. The number of benzene rings is 1. The minimum absolute atomic E-state index is 0.192. The number of hydrogen-bond acceptors (Lipinski definition) is 4. The Labute approximate surface area is 111 Å². The summed E-state index contributed by atoms with van der Waals surface area (Å²) in [6.45, 7) is 0.751. The Morgan fingerprint density at radius 3 is 3.00 bits per heavy atom. The van der Waals surface area contributed by atoms with Crippen molar-refractivity contribution in [3.63, 3.8) is 0 Å². The van der Waals surface area contributed by atoms with Crippen molar-refractivity contribution >= 4 is 28.9 Å². The number of nitriles is 1. The first-order valence-corrected chi connectivity index (χ1v) is 5.81. The van der Waals surface area contributed by atoms with Crippen molar-refractivity contribution in [2.75, 3.05) is 31.2 Å². The summed E-state index contributed by atoms with van der Waals surface area (Å²) in [6.07, 6.45) is 0.392. The maximum Gasteiger partial charge on any atom is 0.238 e. The maximum absolute atomic E-state index is 11.7. The Morgan fingerprint density at radius 2 is 2.33 bits per heavy atom. The van der Waals surface area contributed by atoms with E-state index in [1.807, 2.05) is 6.07 Å². The molecule has 96 valence electrons. The van der Waals surface area contributed by atoms with Crippen LogP contribution >= 0.6 is 11.6 Å². The summed E-state index contributed by atoms with van der Waals surface area (Å²) in [7, 11) is 1.78. The Morgan fingerprint density at radius 1 is 1.61 bits per heavy atom. The van der Waals surface area contributed by atoms with E-state index in [4.69, 9.17) is 22.6 Å². The van der Waals surface area contributed by atoms with Crippen molar-refractivity contribution in [1.29, 1.82) is 5.26 Å². The molecule has 0 aliphatic heterocycles. The quantitative estimate of drug-likeness (QED) is 0.795. The molecule has 0 atom stereocenters. The number of nitrogen functional groups attached to an aromatic ring is 1. The minimum atomic E-state index is -0.192. The lowest BCUT2D eigenvalue weighted by Gasteiger charge is -2.15. The van der Waals surface area contributed by atoms with E-state index in [2.05, 4.69) is 5.32 Å². The van der Waals surface area contributed by atoms with Crippen LogP contribution in [0.4, 0.5) is 11.4 Å². The zero-order chi connectivity index (χ0) is 13.5. The van der Waals surface area contributed by atoms with Crippen LogP contribution in [0.1, 0.15) is 6.42 Å². The van der Waals surface area contributed by atoms with Crippen molar-refractivity contribution in [2.45, 2.75) is 6.42 Å². The van der Waals surface area contributed by atoms with Crippen LogP contribution in [0.25, 0.3) is 0 Å². The van der Waals surface area contributed by atoms with Gasteiger partial charge in [0.05, 0.1) is 23.3 Å². The number of carbonyl (C=O) groups is 1. The molecular formula is C12H15ClN4O. The molecule has 6 heteroatoms. The molecule has 1 aromatic carbocycles. The molecule has 0 spiro atoms. The highest BCUT2D eigenvalue weighted by atomic mass is 35.5. The fourth-order valence-electron chi connectivity index (χ4n) is 1.39. The fraction of sp³-hybridized carbons (Fsp3) is 0.333. The Balaban J connectivity index is 2.54. The number of nitrogens with two attached hydrogens (primary N) is 1. The summed E-state index contributed by atoms with van der Waals surface area (Å²) in [5.41, 5.74) is 6.64. The second-order valence-corrected chi connectivity index (χ2v) is 4.34. The molecule has 1 rings (SSSR count). The van der Waals surface area contributed by atoms with Crippen molar-refractivity contribution < 1.29 is 4.79 Å². The molecule has 0 radical (unpaired) electrons. The molecule has 0 fully saturated rings. The lowest BCUT2D eigenvalue weighted by atomic mass is 10.3. The predicted octanol–water partition coefficient (Wildman–Crippen LogP) is 1.71. The molecule has 0 aliphatic carbocycles. The lowest BCUT2D eigenvalue weighted by molar-refractivity contribution is -0.117. The second-order valence-electron chi connectivity index (χ2n) is 3.93. The average molecular weight is 267 g/mol. The van der Waals surface area contributed by atoms with E-state index in [9.17, 15) is 4.79 Å². The molecule has 3 N–H and O–H groups in total. The molecule has 0 aromatic heterocycles. The molecule has 0 saturated heterocycles. The van der Waals surface area contributed by atoms with Gasteiger partial charge in [0.1, 0.15) is 0 Å². The number of likely N-dealkylation sites (N-methyl/N-ethyl adjacent to an activating group) is 1. The molecule has 1 amide bonds. The maximum atomic E-state index is 11.7. The molecule has 0 bridgehead atoms. The largest absolute Gasteiger partial charge is 0.399 e. The first kappa shape index (κ1) is 14.3. The lowest BCUT2D eigenvalue weighted by Crippen LogP contribution is -2.30. The Kier molecular flexibility index (Phi) is 5.43. The third-order valence-corrected chi connectivity index (χ3v) is 2.61. The van der Waals surface area contributed by atoms with Gasteiger partial charge in [0.15, 0.2) is 0 Å². The van der Waals surface area contributed by atoms with Gasteiger partial charge in [-0.15, -0.1) is 0 Å². The number of nitrogens with zero attached hydrogens (tertiary/aromatic N) is 2. The van der Waals surface area contributed by atoms with Gasteiger partial charge in [-0.25, -0.2) is 0 Å². The summed E-state index contributed by atoms with van der Waals surface area (Å²) in [5, 5.41) is 11.6. The van der Waals surface area contributed by atoms with Gasteiger partial charge in [-0.05, 0) is 25.2 Å². The van der Waals surface area contributed by atoms with Gasteiger partial charge in [-0.1, -0.05) is 11.6 Å². The second kappa shape index (κ2) is 6.84. The summed E-state index contributed by atoms with van der Waals surface area (Å²) >= 11 is 5.93. The van der Waals surface area contributed by atoms with E-state index in [1.165, 1.54) is 0 Å². The number of carbonyl (C=O) groups excluding carboxylic acids is 1. The van der Waals surface area contributed by atoms with Crippen molar-refractivity contribution in [2.24, 2.45) is 0 Å². The topological polar surface area (TPSA) is 82.2 Å². The molecule has 5 nitrogen and oxygen atoms in total. The van der Waals surface area contributed by atoms with Crippen LogP contribution in [0, 0.1) is 11.3 Å². The van der Waals surface area contributed by atoms with Crippen LogP contribution in [-0.2, 0) is 4.79 Å². The van der Waals surface area contributed by atoms with Crippen molar-refractivity contribution in [1.82, 2.24) is 4.90 Å². The standard InChI is InChI=1S/C12H15ClN4O/c1-17(6-2-5-14)8-12(18)16-11-7-9(15)3-4-10(11)13/h3-4,7H,2,6,8,15H2,1H3,(H,16,18). The highest BCUT2D eigenvalue weighted by molar-refractivity contribution is 6.33. The first-order valence-electron chi connectivity index (χ1n) is 5.43. The van der Waals surface area contributed by atoms with Gasteiger partial charge in [0.2, 0.25) is 5.91 Å². The van der Waals surface area contributed by atoms with E-state index in [-0.39, 0.29) is 12.5 Å². The summed E-state index contributed by atoms with van der Waals surface area (Å²) in [6, 6.07) is 6.93. The van der Waals surface area contributed by atoms with Crippen LogP contribution in [0.3, 0.4) is 0 Å². The highest BCUT2D eigenvalue weighted by Gasteiger charge is 2.09. The summed E-state index contributed by atoms with van der Waals surface area (Å²) < 4.78 is 0. The van der Waals surface area contributed by atoms with E-state index in [1.54, 1.807) is 30.1 Å². The molecular weight excluding hydrogens is 252 g/mol. The third-order valence-electron chi connectivity index (χ3n) is 2.28. The van der Waals surface area contributed by atoms with Gasteiger partial charge in [-0.2, -0.15) is 5.26 Å². The van der Waals surface area contributed by atoms with Gasteiger partial charge in [0, 0.05) is 18.7 Å². The monoisotopic (exact) mass is 266 g/mol. The van der Waals surface area contributed by atoms with Crippen LogP contribution in [-0.4, -0.2) is 30.9 Å².